The van der Waals surface area contributed by atoms with E-state index in [-0.39, 0.29) is 224 Å². The van der Waals surface area contributed by atoms with Crippen LogP contribution in [0.25, 0.3) is 0 Å². The summed E-state index contributed by atoms with van der Waals surface area (Å²) in [6.45, 7) is -1.97. The number of amides is 18. The van der Waals surface area contributed by atoms with Gasteiger partial charge in [-0.25, -0.2) is 29.9 Å². The maximum absolute atomic E-state index is 15.2. The Morgan fingerprint density at radius 1 is 0.220 bits per heavy atom. The third-order valence-corrected chi connectivity index (χ3v) is 26.0. The fourth-order valence-corrected chi connectivity index (χ4v) is 19.2. The molecule has 0 unspecified atom stereocenters. The molecule has 6 saturated heterocycles. The topological polar surface area (TPSA) is 641 Å². The van der Waals surface area contributed by atoms with E-state index in [9.17, 15) is 57.5 Å². The molecule has 141 heavy (non-hydrogen) atoms. The Labute approximate surface area is 798 Å². The Balaban J connectivity index is 0.678. The van der Waals surface area contributed by atoms with Crippen LogP contribution in [0.2, 0.25) is 0 Å². The van der Waals surface area contributed by atoms with Crippen molar-refractivity contribution < 1.29 is 86.3 Å². The standard InChI is InChI=1S/C90H93N33O18/c124-73-22-19-46-37-115(112-109-46)28-25-76(127)94-52-34-64-82(133)106-70-16-6-12-60(102-70)90(141)123-45-54-36-66(123)84(135)108-72-18-5-11-59(101-72)89(140)122-44-53(35-65(122)83(134)107-71-17-4-10-58(100-71)88(139)121(64)43-52)95-77(128)26-29-116-38-47(110-113-116)20-23-74(125)92-50-31-61-79(130)103-67-13-1-7-55(97-67)85(136)118-40-49(91-73)32-62(118)80(131)104-68-14-3-9-57(99-68)87(138)120-42-51(93-75(126)24-21-48-39-117(114-111-48)30-27-78(129)96-54)33-63(120)81(132)105-69-15-2-8-56(98-69)86(137)119(61)41-50/h1-18,37-39,49-54,61-66H,19-36,40-45H2,(H,91,124)(H,92,125)(H,93,126)(H,94,127)(H,95,128)(H,96,129)(H,97,103,130)(H,99,104,131)(H,98,105,132)(H,102,106,133)(H,100,107,134)(H,101,108,135)/t49-,50-,51-,52-,53-,54-,61-,62-,63-,64-,65-,66-/m0/s1. The van der Waals surface area contributed by atoms with Gasteiger partial charge in [-0.05, 0) is 111 Å². The van der Waals surface area contributed by atoms with E-state index in [2.05, 4.69) is 125 Å². The number of nitrogens with zero attached hydrogens (tertiary/aromatic N) is 21. The minimum Gasteiger partial charge on any atom is -0.351 e. The van der Waals surface area contributed by atoms with Gasteiger partial charge in [0.1, 0.15) is 105 Å². The summed E-state index contributed by atoms with van der Waals surface area (Å²) in [7, 11) is 0. The summed E-state index contributed by atoms with van der Waals surface area (Å²) in [5.74, 6) is -14.5. The third kappa shape index (κ3) is 21.0. The molecule has 6 fully saturated rings. The highest BCUT2D eigenvalue weighted by Crippen LogP contribution is 2.33. The molecule has 18 amide bonds. The van der Waals surface area contributed by atoms with Crippen molar-refractivity contribution in [2.24, 2.45) is 0 Å². The van der Waals surface area contributed by atoms with Crippen molar-refractivity contribution in [2.75, 3.05) is 71.2 Å². The van der Waals surface area contributed by atoms with E-state index in [4.69, 9.17) is 0 Å². The molecule has 9 aromatic heterocycles. The van der Waals surface area contributed by atoms with E-state index in [0.717, 1.165) is 0 Å². The summed E-state index contributed by atoms with van der Waals surface area (Å²) in [4.78, 5) is 300. The predicted octanol–water partition coefficient (Wildman–Crippen LogP) is -2.72. The lowest BCUT2D eigenvalue weighted by Crippen LogP contribution is -2.45. The molecule has 51 nitrogen and oxygen atoms in total. The molecule has 36 bridgehead atoms. The second-order valence-electron chi connectivity index (χ2n) is 35.9. The van der Waals surface area contributed by atoms with Crippen LogP contribution in [0.15, 0.2) is 128 Å². The van der Waals surface area contributed by atoms with Crippen molar-refractivity contribution in [3.63, 3.8) is 0 Å². The van der Waals surface area contributed by atoms with Gasteiger partial charge in [0.25, 0.3) is 35.4 Å². The summed E-state index contributed by atoms with van der Waals surface area (Å²) in [5.41, 5.74) is -0.760. The molecule has 9 aromatic rings. The van der Waals surface area contributed by atoms with Gasteiger partial charge in [0.2, 0.25) is 70.9 Å². The van der Waals surface area contributed by atoms with Crippen molar-refractivity contribution in [3.8, 4) is 0 Å². The zero-order valence-electron chi connectivity index (χ0n) is 75.3. The fraction of sp³-hybridized carbons (Fsp3) is 0.400. The maximum atomic E-state index is 15.2. The number of aromatic nitrogens is 15. The van der Waals surface area contributed by atoms with E-state index < -0.39 is 179 Å². The van der Waals surface area contributed by atoms with Crippen molar-refractivity contribution in [1.29, 1.82) is 0 Å². The van der Waals surface area contributed by atoms with Gasteiger partial charge in [-0.1, -0.05) is 52.0 Å². The van der Waals surface area contributed by atoms with E-state index >= 15 is 28.8 Å². The molecule has 0 aromatic carbocycles. The number of carbonyl (C=O) groups excluding carboxylic acids is 18. The first-order valence-electron chi connectivity index (χ1n) is 46.1. The fourth-order valence-electron chi connectivity index (χ4n) is 19.2. The second kappa shape index (κ2) is 39.8. The van der Waals surface area contributed by atoms with Crippen molar-refractivity contribution in [1.82, 2.24) is 136 Å². The molecule has 20 rings (SSSR count). The molecule has 726 valence electrons. The Morgan fingerprint density at radius 3 is 0.582 bits per heavy atom. The number of aryl methyl sites for hydroxylation is 6. The number of carbonyl (C=O) groups is 18. The molecule has 11 aliphatic heterocycles. The largest absolute Gasteiger partial charge is 0.351 e. The molecule has 51 heteroatoms. The summed E-state index contributed by atoms with van der Waals surface area (Å²) in [6.07, 6.45) is 1.95. The van der Waals surface area contributed by atoms with Crippen LogP contribution in [0.5, 0.6) is 0 Å². The first-order valence-corrected chi connectivity index (χ1v) is 46.1. The smallest absolute Gasteiger partial charge is 0.273 e. The van der Waals surface area contributed by atoms with Crippen LogP contribution < -0.4 is 63.8 Å². The number of pyridine rings is 6. The SMILES string of the molecule is O=C1CCc2cn(nn2)CCC(=O)N[C@H]2C[C@H]3C(=O)Nc4cccc(n4)C(=O)N4C[C@@H]5C[C@H]4C(=O)Nc4cccc(n4)C(=O)N4C[C@H](C[C@H]4C(=O)Nc4cccc(n4)C(=O)N3C2)NC(=O)CCn2cc(nn2)CCC(=O)N[C@H]2C[C@H]3C(=O)Nc4cccc(n4)C(=O)N4C[C@H](C[C@H]4C(=O)Nc4cccc(n4)C(=O)N4C[C@H](C[C@H]4C(=O)Nc4cccc(n4)C(=O)N3C2)NC(=O)CCc2cn(nn2)CCC(=O)N5)N1. The third-order valence-electron chi connectivity index (χ3n) is 26.0. The molecular formula is C90H93N33O18. The quantitative estimate of drug-likeness (QED) is 0.0734. The Bertz CT molecular complexity index is 5610. The number of fused-ring (bicyclic) bond motifs is 24. The van der Waals surface area contributed by atoms with Gasteiger partial charge < -0.3 is 93.2 Å². The first kappa shape index (κ1) is 92.8. The van der Waals surface area contributed by atoms with Crippen LogP contribution in [-0.2, 0) is 96.4 Å². The number of hydrogen-bond acceptors (Lipinski definition) is 30. The summed E-state index contributed by atoms with van der Waals surface area (Å²) >= 11 is 0. The van der Waals surface area contributed by atoms with Crippen LogP contribution >= 0.6 is 0 Å². The molecule has 12 atom stereocenters. The van der Waals surface area contributed by atoms with Crippen LogP contribution in [0.4, 0.5) is 34.9 Å². The van der Waals surface area contributed by atoms with Crippen LogP contribution in [0.3, 0.4) is 0 Å². The van der Waals surface area contributed by atoms with E-state index in [0.29, 0.717) is 17.1 Å². The minimum atomic E-state index is -1.40. The highest BCUT2D eigenvalue weighted by molar-refractivity contribution is 6.08. The maximum Gasteiger partial charge on any atom is 0.273 e. The van der Waals surface area contributed by atoms with Gasteiger partial charge >= 0.3 is 0 Å². The molecular weight excluding hydrogens is 1830 g/mol. The van der Waals surface area contributed by atoms with E-state index in [1.165, 1.54) is 171 Å². The molecule has 0 radical (unpaired) electrons. The molecule has 11 aliphatic rings. The monoisotopic (exact) mass is 1920 g/mol. The highest BCUT2D eigenvalue weighted by Gasteiger charge is 2.49. The molecule has 0 saturated carbocycles. The van der Waals surface area contributed by atoms with Crippen LogP contribution in [0, 0.1) is 0 Å². The van der Waals surface area contributed by atoms with Gasteiger partial charge in [0.15, 0.2) is 0 Å². The van der Waals surface area contributed by atoms with Gasteiger partial charge in [0.05, 0.1) is 36.7 Å². The lowest BCUT2D eigenvalue weighted by Gasteiger charge is -2.25. The lowest BCUT2D eigenvalue weighted by molar-refractivity contribution is -0.122. The Morgan fingerprint density at radius 2 is 0.397 bits per heavy atom. The number of rotatable bonds is 0. The summed E-state index contributed by atoms with van der Waals surface area (Å²) < 4.78 is 4.09. The van der Waals surface area contributed by atoms with Gasteiger partial charge in [-0.2, -0.15) is 0 Å². The molecule has 0 spiro atoms. The predicted molar refractivity (Wildman–Crippen MR) is 484 cm³/mol. The van der Waals surface area contributed by atoms with E-state index in [1.54, 1.807) is 0 Å². The zero-order chi connectivity index (χ0) is 98.0. The average molecular weight is 1920 g/mol. The molecule has 0 aliphatic carbocycles. The van der Waals surface area contributed by atoms with Gasteiger partial charge in [-0.3, -0.25) is 100 Å². The Kier molecular flexibility index (Phi) is 26.2. The van der Waals surface area contributed by atoms with Crippen molar-refractivity contribution in [2.45, 2.75) is 188 Å². The lowest BCUT2D eigenvalue weighted by atomic mass is 10.1. The van der Waals surface area contributed by atoms with E-state index in [1.807, 2.05) is 0 Å². The normalized spacial score (nSPS) is 25.2. The van der Waals surface area contributed by atoms with Crippen LogP contribution in [-0.4, -0.2) is 322 Å². The number of nitrogens with one attached hydrogen (secondary N) is 12. The zero-order valence-corrected chi connectivity index (χ0v) is 75.3. The van der Waals surface area contributed by atoms with Crippen molar-refractivity contribution in [3.05, 3.63) is 179 Å². The second-order valence-corrected chi connectivity index (χ2v) is 35.9. The van der Waals surface area contributed by atoms with Gasteiger partial charge in [-0.15, -0.1) is 15.3 Å². The molecule has 12 N–H and O–H groups in total. The summed E-state index contributed by atoms with van der Waals surface area (Å²) in [6, 6.07) is 10.8. The number of hydrogen-bond donors (Lipinski definition) is 12. The summed E-state index contributed by atoms with van der Waals surface area (Å²) in [5, 5.41) is 59.2. The Hall–Kier alpha value is -17.2. The molecule has 20 heterocycles. The van der Waals surface area contributed by atoms with Crippen molar-refractivity contribution >= 4 is 141 Å². The average Bonchev–Trinajstić information content (AvgIpc) is 1.75. The highest BCUT2D eigenvalue weighted by atomic mass is 16.2. The van der Waals surface area contributed by atoms with Crippen LogP contribution in [0.1, 0.15) is 157 Å². The first-order chi connectivity index (χ1) is 68.1. The number of anilines is 6. The van der Waals surface area contributed by atoms with Gasteiger partial charge in [0, 0.05) is 152 Å². The minimum absolute atomic E-state index is 0.00885.